The monoisotopic (exact) mass is 1600 g/mol. The molecule has 0 aliphatic rings. The van der Waals surface area contributed by atoms with Gasteiger partial charge < -0.3 is 33.8 Å². The standard InChI is InChI=1S/C93H152O17P2/c1-5-9-13-17-21-25-29-33-37-40-43-46-50-53-57-61-65-69-73-77-90(95)103-83-88(109-92(97)79-75-71-67-63-59-55-49-36-32-28-24-20-16-12-8-4)85-107-111(99,100)105-81-87(94)82-106-112(101,102)108-86-89(110-93(98)80-76-72-68-64-60-56-52-48-45-42-39-35-31-27-23-19-15-11-7-3)84-104-91(96)78-74-70-66-62-58-54-51-47-44-41-38-34-30-26-22-18-14-10-6-2/h9-11,13-15,21-23,25-27,33-35,37-39,43-48,53-54,57-58,66,70,87-89,94H,5-8,12,16-20,24,28-32,36,40-42,49-52,55-56,59-65,67-69,71-86H2,1-4H3,(H,99,100)(H,101,102)/b13-9-,14-10-,15-11-,25-21-,26-22-,27-23-,37-33-,38-34-,39-35-,46-43-,47-44-,48-45-,57-53-,58-54-,70-66-. The van der Waals surface area contributed by atoms with Crippen LogP contribution in [0.3, 0.4) is 0 Å². The number of carbonyl (C=O) groups is 4. The predicted octanol–water partition coefficient (Wildman–Crippen LogP) is 25.9. The first-order chi connectivity index (χ1) is 54.7. The fraction of sp³-hybridized carbons (Fsp3) is 0.634. The molecule has 0 aromatic rings. The van der Waals surface area contributed by atoms with Crippen LogP contribution < -0.4 is 0 Å². The zero-order chi connectivity index (χ0) is 81.7. The Bertz CT molecular complexity index is 2840. The number of phosphoric ester groups is 2. The highest BCUT2D eigenvalue weighted by Crippen LogP contribution is 2.45. The highest BCUT2D eigenvalue weighted by Gasteiger charge is 2.30. The van der Waals surface area contributed by atoms with E-state index in [1.165, 1.54) is 64.2 Å². The lowest BCUT2D eigenvalue weighted by Crippen LogP contribution is -2.30. The van der Waals surface area contributed by atoms with Crippen molar-refractivity contribution in [1.82, 2.24) is 0 Å². The molecular formula is C93H152O17P2. The van der Waals surface area contributed by atoms with Gasteiger partial charge in [0, 0.05) is 25.7 Å². The van der Waals surface area contributed by atoms with E-state index < -0.39 is 97.5 Å². The Balaban J connectivity index is 5.50. The average molecular weight is 1600 g/mol. The van der Waals surface area contributed by atoms with Gasteiger partial charge in [-0.05, 0) is 148 Å². The van der Waals surface area contributed by atoms with Crippen LogP contribution in [0.25, 0.3) is 0 Å². The summed E-state index contributed by atoms with van der Waals surface area (Å²) in [6.07, 6.45) is 101. The van der Waals surface area contributed by atoms with Gasteiger partial charge in [0.15, 0.2) is 12.2 Å². The molecule has 0 aromatic carbocycles. The summed E-state index contributed by atoms with van der Waals surface area (Å²) in [4.78, 5) is 73.3. The Morgan fingerprint density at radius 3 is 0.777 bits per heavy atom. The maximum atomic E-state index is 13.1. The van der Waals surface area contributed by atoms with Crippen molar-refractivity contribution in [2.75, 3.05) is 39.6 Å². The van der Waals surface area contributed by atoms with Gasteiger partial charge >= 0.3 is 39.5 Å². The summed E-state index contributed by atoms with van der Waals surface area (Å²) in [5, 5.41) is 10.7. The van der Waals surface area contributed by atoms with E-state index in [0.717, 1.165) is 173 Å². The first-order valence-electron chi connectivity index (χ1n) is 43.0. The number of aliphatic hydroxyl groups excluding tert-OH is 1. The molecule has 0 aliphatic carbocycles. The van der Waals surface area contributed by atoms with Gasteiger partial charge in [0.2, 0.25) is 0 Å². The molecule has 0 saturated carbocycles. The second-order valence-corrected chi connectivity index (χ2v) is 30.9. The Labute approximate surface area is 679 Å². The van der Waals surface area contributed by atoms with E-state index in [0.29, 0.717) is 32.1 Å². The number of allylic oxidation sites excluding steroid dienone is 30. The van der Waals surface area contributed by atoms with Crippen LogP contribution in [0.5, 0.6) is 0 Å². The van der Waals surface area contributed by atoms with Gasteiger partial charge in [0.05, 0.1) is 26.4 Å². The highest BCUT2D eigenvalue weighted by atomic mass is 31.2. The Hall–Kier alpha value is -5.84. The largest absolute Gasteiger partial charge is 0.472 e. The SMILES string of the molecule is CC/C=C\C/C=C\C/C=C\C/C=C\C/C=C\C/C=C\CCC(=O)OCC(COP(=O)(O)OCC(O)COP(=O)(O)OCC(COC(=O)CCCCC/C=C\C/C=C\C/C=C\C/C=C\C/C=C\CC)OC(=O)CCCCCCCCCCCCCCCCC)OC(=O)CCCCCCCC/C=C\C/C=C\C/C=C\C/C=C\CC. The second kappa shape index (κ2) is 83.1. The summed E-state index contributed by atoms with van der Waals surface area (Å²) in [5.74, 6) is -2.33. The van der Waals surface area contributed by atoms with Crippen molar-refractivity contribution in [3.63, 3.8) is 0 Å². The van der Waals surface area contributed by atoms with Gasteiger partial charge in [-0.1, -0.05) is 332 Å². The Kier molecular flexibility index (Phi) is 78.8. The van der Waals surface area contributed by atoms with E-state index in [2.05, 4.69) is 192 Å². The number of phosphoric acid groups is 2. The van der Waals surface area contributed by atoms with E-state index in [-0.39, 0.29) is 25.7 Å². The van der Waals surface area contributed by atoms with Crippen LogP contribution in [0.15, 0.2) is 182 Å². The molecule has 112 heavy (non-hydrogen) atoms. The van der Waals surface area contributed by atoms with Crippen LogP contribution in [0, 0.1) is 0 Å². The van der Waals surface area contributed by atoms with Crippen molar-refractivity contribution >= 4 is 39.5 Å². The zero-order valence-corrected chi connectivity index (χ0v) is 71.6. The van der Waals surface area contributed by atoms with Crippen LogP contribution in [0.1, 0.15) is 323 Å². The van der Waals surface area contributed by atoms with Crippen LogP contribution in [-0.2, 0) is 65.4 Å². The topological polar surface area (TPSA) is 237 Å². The lowest BCUT2D eigenvalue weighted by Gasteiger charge is -2.21. The van der Waals surface area contributed by atoms with Crippen LogP contribution >= 0.6 is 15.6 Å². The zero-order valence-electron chi connectivity index (χ0n) is 69.8. The van der Waals surface area contributed by atoms with Crippen LogP contribution in [0.4, 0.5) is 0 Å². The normalized spacial score (nSPS) is 14.7. The minimum absolute atomic E-state index is 0.0260. The molecule has 19 heteroatoms. The van der Waals surface area contributed by atoms with Gasteiger partial charge in [-0.25, -0.2) is 9.13 Å². The maximum Gasteiger partial charge on any atom is 0.472 e. The molecule has 3 N–H and O–H groups in total. The number of ether oxygens (including phenoxy) is 4. The molecule has 0 radical (unpaired) electrons. The molecule has 5 unspecified atom stereocenters. The van der Waals surface area contributed by atoms with Gasteiger partial charge in [0.25, 0.3) is 0 Å². The summed E-state index contributed by atoms with van der Waals surface area (Å²) >= 11 is 0. The van der Waals surface area contributed by atoms with E-state index in [1.807, 2.05) is 18.2 Å². The lowest BCUT2D eigenvalue weighted by molar-refractivity contribution is -0.161. The lowest BCUT2D eigenvalue weighted by atomic mass is 10.0. The Morgan fingerprint density at radius 2 is 0.482 bits per heavy atom. The summed E-state index contributed by atoms with van der Waals surface area (Å²) in [6.45, 7) is 4.42. The van der Waals surface area contributed by atoms with Gasteiger partial charge in [-0.2, -0.15) is 0 Å². The number of aliphatic hydroxyl groups is 1. The molecule has 0 fully saturated rings. The molecule has 0 rings (SSSR count). The third-order valence-corrected chi connectivity index (χ3v) is 19.3. The van der Waals surface area contributed by atoms with Gasteiger partial charge in [-0.3, -0.25) is 37.3 Å². The quantitative estimate of drug-likeness (QED) is 0.0169. The molecular weight excluding hydrogens is 1450 g/mol. The van der Waals surface area contributed by atoms with Crippen molar-refractivity contribution in [3.05, 3.63) is 182 Å². The molecule has 0 saturated heterocycles. The number of esters is 4. The fourth-order valence-corrected chi connectivity index (χ4v) is 12.5. The molecule has 17 nitrogen and oxygen atoms in total. The number of hydrogen-bond donors (Lipinski definition) is 3. The molecule has 0 spiro atoms. The predicted molar refractivity (Wildman–Crippen MR) is 463 cm³/mol. The first-order valence-corrected chi connectivity index (χ1v) is 46.0. The maximum absolute atomic E-state index is 13.1. The number of carbonyl (C=O) groups excluding carboxylic acids is 4. The van der Waals surface area contributed by atoms with E-state index >= 15 is 0 Å². The van der Waals surface area contributed by atoms with Crippen molar-refractivity contribution in [3.8, 4) is 0 Å². The van der Waals surface area contributed by atoms with Crippen molar-refractivity contribution < 1.29 is 80.2 Å². The molecule has 0 aromatic heterocycles. The minimum atomic E-state index is -5.01. The molecule has 0 aliphatic heterocycles. The van der Waals surface area contributed by atoms with Crippen molar-refractivity contribution in [2.45, 2.75) is 341 Å². The molecule has 5 atom stereocenters. The summed E-state index contributed by atoms with van der Waals surface area (Å²) in [6, 6.07) is 0. The molecule has 0 heterocycles. The smallest absolute Gasteiger partial charge is 0.462 e. The first kappa shape index (κ1) is 106. The van der Waals surface area contributed by atoms with Crippen molar-refractivity contribution in [2.24, 2.45) is 0 Å². The van der Waals surface area contributed by atoms with E-state index in [4.69, 9.17) is 37.0 Å². The molecule has 636 valence electrons. The fourth-order valence-electron chi connectivity index (χ4n) is 11.0. The van der Waals surface area contributed by atoms with E-state index in [9.17, 15) is 43.2 Å². The van der Waals surface area contributed by atoms with Gasteiger partial charge in [0.1, 0.15) is 19.3 Å². The average Bonchev–Trinajstić information content (AvgIpc) is 0.898. The number of rotatable bonds is 79. The number of hydrogen-bond acceptors (Lipinski definition) is 15. The Morgan fingerprint density at radius 1 is 0.259 bits per heavy atom. The third-order valence-electron chi connectivity index (χ3n) is 17.4. The second-order valence-electron chi connectivity index (χ2n) is 28.0. The third kappa shape index (κ3) is 82.2. The van der Waals surface area contributed by atoms with Gasteiger partial charge in [-0.15, -0.1) is 0 Å². The minimum Gasteiger partial charge on any atom is -0.462 e. The van der Waals surface area contributed by atoms with Crippen LogP contribution in [-0.4, -0.2) is 96.7 Å². The number of unbranched alkanes of at least 4 members (excludes halogenated alkanes) is 23. The van der Waals surface area contributed by atoms with Crippen molar-refractivity contribution in [1.29, 1.82) is 0 Å². The molecule has 0 amide bonds. The summed E-state index contributed by atoms with van der Waals surface area (Å²) < 4.78 is 68.7. The summed E-state index contributed by atoms with van der Waals surface area (Å²) in [7, 11) is -10.0. The highest BCUT2D eigenvalue weighted by molar-refractivity contribution is 7.47. The van der Waals surface area contributed by atoms with Crippen LogP contribution in [0.2, 0.25) is 0 Å². The summed E-state index contributed by atoms with van der Waals surface area (Å²) in [5.41, 5.74) is 0. The van der Waals surface area contributed by atoms with E-state index in [1.54, 1.807) is 0 Å². The molecule has 0 bridgehead atoms.